The molecule has 3 aromatic heterocycles. The Morgan fingerprint density at radius 1 is 0.806 bits per heavy atom. The minimum Gasteiger partial charge on any atom is -0.452 e. The minimum atomic E-state index is -2.29. The molecule has 31 heavy (non-hydrogen) atoms. The molecule has 0 N–H and O–H groups in total. The standard InChI is InChI=1S/C27H23NO2Si/c1-16-9-10-20(22-15-17(13-14-28-22)31(2,3)4)25-24(16)21-12-11-19-18-7-5-6-8-23(18)29-26(19)27(21)30-25/h5-15H,1-4H3/i1D3. The molecule has 0 unspecified atom stereocenters. The third kappa shape index (κ3) is 2.68. The van der Waals surface area contributed by atoms with Crippen LogP contribution >= 0.6 is 0 Å². The monoisotopic (exact) mass is 424 g/mol. The summed E-state index contributed by atoms with van der Waals surface area (Å²) >= 11 is 0. The Balaban J connectivity index is 1.74. The highest BCUT2D eigenvalue weighted by Gasteiger charge is 2.21. The number of benzene rings is 3. The Hall–Kier alpha value is -3.37. The molecule has 0 aliphatic carbocycles. The first-order chi connectivity index (χ1) is 16.1. The van der Waals surface area contributed by atoms with Gasteiger partial charge in [-0.2, -0.15) is 0 Å². The molecule has 6 aromatic rings. The molecule has 3 nitrogen and oxygen atoms in total. The van der Waals surface area contributed by atoms with E-state index in [0.29, 0.717) is 22.1 Å². The quantitative estimate of drug-likeness (QED) is 0.272. The summed E-state index contributed by atoms with van der Waals surface area (Å²) in [5.74, 6) is 0. The summed E-state index contributed by atoms with van der Waals surface area (Å²) in [6, 6.07) is 19.5. The van der Waals surface area contributed by atoms with Gasteiger partial charge in [-0.3, -0.25) is 4.98 Å². The molecule has 0 aliphatic rings. The zero-order chi connectivity index (χ0) is 23.8. The molecular formula is C27H23NO2Si. The lowest BCUT2D eigenvalue weighted by atomic mass is 10.0. The molecule has 0 atom stereocenters. The Kier molecular flexibility index (Phi) is 3.14. The zero-order valence-corrected chi connectivity index (χ0v) is 18.6. The van der Waals surface area contributed by atoms with E-state index in [0.717, 1.165) is 33.0 Å². The van der Waals surface area contributed by atoms with Gasteiger partial charge in [0.2, 0.25) is 0 Å². The molecule has 0 spiro atoms. The van der Waals surface area contributed by atoms with Gasteiger partial charge in [-0.15, -0.1) is 0 Å². The van der Waals surface area contributed by atoms with Gasteiger partial charge in [0.1, 0.15) is 11.2 Å². The van der Waals surface area contributed by atoms with Crippen molar-refractivity contribution in [1.82, 2.24) is 4.98 Å². The lowest BCUT2D eigenvalue weighted by molar-refractivity contribution is 0.634. The van der Waals surface area contributed by atoms with Crippen LogP contribution in [0.25, 0.3) is 55.1 Å². The predicted octanol–water partition coefficient (Wildman–Crippen LogP) is 7.40. The maximum Gasteiger partial charge on any atom is 0.178 e. The van der Waals surface area contributed by atoms with E-state index in [4.69, 9.17) is 12.9 Å². The Morgan fingerprint density at radius 3 is 2.45 bits per heavy atom. The summed E-state index contributed by atoms with van der Waals surface area (Å²) in [5.41, 5.74) is 4.31. The number of fused-ring (bicyclic) bond motifs is 7. The second-order valence-corrected chi connectivity index (χ2v) is 14.1. The fraction of sp³-hybridized carbons (Fsp3) is 0.148. The SMILES string of the molecule is [2H]C([2H])([2H])c1ccc(-c2cc([Si](C)(C)C)ccn2)c2oc3c(ccc4c5ccccc5oc43)c12. The largest absolute Gasteiger partial charge is 0.452 e. The zero-order valence-electron chi connectivity index (χ0n) is 20.6. The lowest BCUT2D eigenvalue weighted by Gasteiger charge is -2.17. The lowest BCUT2D eigenvalue weighted by Crippen LogP contribution is -2.37. The predicted molar refractivity (Wildman–Crippen MR) is 132 cm³/mol. The minimum absolute atomic E-state index is 0.266. The van der Waals surface area contributed by atoms with Crippen LogP contribution in [0.1, 0.15) is 9.68 Å². The molecule has 6 rings (SSSR count). The average molecular weight is 425 g/mol. The van der Waals surface area contributed by atoms with Crippen molar-refractivity contribution in [2.24, 2.45) is 0 Å². The van der Waals surface area contributed by atoms with Gasteiger partial charge >= 0.3 is 0 Å². The van der Waals surface area contributed by atoms with E-state index in [1.165, 1.54) is 5.19 Å². The molecule has 0 bridgehead atoms. The van der Waals surface area contributed by atoms with E-state index in [-0.39, 0.29) is 5.56 Å². The second-order valence-electron chi connectivity index (χ2n) is 9.06. The van der Waals surface area contributed by atoms with Gasteiger partial charge in [0.25, 0.3) is 0 Å². The van der Waals surface area contributed by atoms with E-state index in [2.05, 4.69) is 36.8 Å². The third-order valence-electron chi connectivity index (χ3n) is 6.03. The maximum atomic E-state index is 8.17. The van der Waals surface area contributed by atoms with E-state index in [1.54, 1.807) is 6.07 Å². The number of furan rings is 2. The molecule has 0 fully saturated rings. The first-order valence-corrected chi connectivity index (χ1v) is 13.9. The van der Waals surface area contributed by atoms with Gasteiger partial charge in [-0.25, -0.2) is 0 Å². The number of para-hydroxylation sites is 1. The number of nitrogens with zero attached hydrogens (tertiary/aromatic N) is 1. The first kappa shape index (κ1) is 15.4. The summed E-state index contributed by atoms with van der Waals surface area (Å²) in [4.78, 5) is 4.63. The van der Waals surface area contributed by atoms with Crippen molar-refractivity contribution in [3.05, 3.63) is 72.4 Å². The molecule has 0 radical (unpaired) electrons. The summed E-state index contributed by atoms with van der Waals surface area (Å²) in [7, 11) is -1.57. The molecule has 3 heterocycles. The molecule has 3 aromatic carbocycles. The van der Waals surface area contributed by atoms with Crippen molar-refractivity contribution >= 4 is 57.1 Å². The maximum absolute atomic E-state index is 8.17. The summed E-state index contributed by atoms with van der Waals surface area (Å²) in [6.45, 7) is 4.58. The fourth-order valence-electron chi connectivity index (χ4n) is 4.37. The number of hydrogen-bond acceptors (Lipinski definition) is 3. The Labute approximate surface area is 185 Å². The van der Waals surface area contributed by atoms with Gasteiger partial charge < -0.3 is 8.83 Å². The molecule has 0 aliphatic heterocycles. The van der Waals surface area contributed by atoms with Crippen molar-refractivity contribution in [3.63, 3.8) is 0 Å². The van der Waals surface area contributed by atoms with Crippen LogP contribution in [0, 0.1) is 6.85 Å². The van der Waals surface area contributed by atoms with Crippen molar-refractivity contribution in [3.8, 4) is 11.3 Å². The topological polar surface area (TPSA) is 39.2 Å². The molecule has 0 saturated heterocycles. The van der Waals surface area contributed by atoms with E-state index < -0.39 is 14.9 Å². The van der Waals surface area contributed by atoms with Crippen LogP contribution in [-0.2, 0) is 0 Å². The number of hydrogen-bond donors (Lipinski definition) is 0. The van der Waals surface area contributed by atoms with Crippen molar-refractivity contribution < 1.29 is 12.9 Å². The van der Waals surface area contributed by atoms with Crippen molar-refractivity contribution in [2.75, 3.05) is 0 Å². The number of aryl methyl sites for hydroxylation is 1. The van der Waals surface area contributed by atoms with Gasteiger partial charge in [0.05, 0.1) is 13.8 Å². The smallest absolute Gasteiger partial charge is 0.178 e. The highest BCUT2D eigenvalue weighted by atomic mass is 28.3. The number of rotatable bonds is 2. The number of pyridine rings is 1. The molecule has 152 valence electrons. The molecule has 0 saturated carbocycles. The van der Waals surface area contributed by atoms with Crippen LogP contribution in [0.3, 0.4) is 0 Å². The Morgan fingerprint density at radius 2 is 1.61 bits per heavy atom. The van der Waals surface area contributed by atoms with Crippen LogP contribution in [0.2, 0.25) is 19.6 Å². The van der Waals surface area contributed by atoms with Gasteiger partial charge in [0, 0.05) is 37.4 Å². The van der Waals surface area contributed by atoms with Gasteiger partial charge in [-0.1, -0.05) is 49.1 Å². The van der Waals surface area contributed by atoms with Crippen LogP contribution in [0.5, 0.6) is 0 Å². The third-order valence-corrected chi connectivity index (χ3v) is 8.08. The molecule has 4 heteroatoms. The number of aromatic nitrogens is 1. The molecule has 0 amide bonds. The Bertz CT molecular complexity index is 1740. The first-order valence-electron chi connectivity index (χ1n) is 11.9. The summed E-state index contributed by atoms with van der Waals surface area (Å²) in [5, 5.41) is 4.55. The van der Waals surface area contributed by atoms with E-state index in [1.807, 2.05) is 48.7 Å². The van der Waals surface area contributed by atoms with Crippen LogP contribution in [0.4, 0.5) is 0 Å². The highest BCUT2D eigenvalue weighted by Crippen LogP contribution is 2.42. The van der Waals surface area contributed by atoms with E-state index in [9.17, 15) is 0 Å². The summed E-state index contributed by atoms with van der Waals surface area (Å²) in [6.07, 6.45) is 1.83. The van der Waals surface area contributed by atoms with Crippen LogP contribution in [0.15, 0.2) is 75.7 Å². The van der Waals surface area contributed by atoms with Gasteiger partial charge in [0.15, 0.2) is 11.2 Å². The van der Waals surface area contributed by atoms with E-state index >= 15 is 0 Å². The normalized spacial score (nSPS) is 14.4. The second kappa shape index (κ2) is 6.31. The highest BCUT2D eigenvalue weighted by molar-refractivity contribution is 6.88. The van der Waals surface area contributed by atoms with Crippen molar-refractivity contribution in [2.45, 2.75) is 26.5 Å². The fourth-order valence-corrected chi connectivity index (χ4v) is 5.51. The molecular weight excluding hydrogens is 398 g/mol. The van der Waals surface area contributed by atoms with Crippen molar-refractivity contribution in [1.29, 1.82) is 0 Å². The van der Waals surface area contributed by atoms with Crippen LogP contribution < -0.4 is 5.19 Å². The summed E-state index contributed by atoms with van der Waals surface area (Å²) < 4.78 is 37.2. The van der Waals surface area contributed by atoms with Gasteiger partial charge in [-0.05, 0) is 48.8 Å². The van der Waals surface area contributed by atoms with Crippen LogP contribution in [-0.4, -0.2) is 13.1 Å². The average Bonchev–Trinajstić information content (AvgIpc) is 3.36.